The van der Waals surface area contributed by atoms with Crippen LogP contribution in [0.2, 0.25) is 0 Å². The highest BCUT2D eigenvalue weighted by molar-refractivity contribution is 5.92. The van der Waals surface area contributed by atoms with E-state index in [1.54, 1.807) is 40.2 Å². The van der Waals surface area contributed by atoms with Crippen LogP contribution in [0.4, 0.5) is 16.6 Å². The molecule has 7 rings (SSSR count). The first-order valence-electron chi connectivity index (χ1n) is 16.0. The van der Waals surface area contributed by atoms with Crippen LogP contribution in [0, 0.1) is 11.3 Å². The molecule has 0 aliphatic heterocycles. The summed E-state index contributed by atoms with van der Waals surface area (Å²) in [4.78, 5) is 48.5. The van der Waals surface area contributed by atoms with E-state index in [1.165, 1.54) is 12.5 Å². The SMILES string of the molecule is Cn1cc(-c2ccc(N(C(=O)NCc3ccccc3)[C@H]3CC[C@H](Nc4ncc(C#N)c(-c5ccc6nc[nH]c(=O)c6c5)n4)CC3)nc2)cn1. The Morgan fingerprint density at radius 3 is 2.53 bits per heavy atom. The fourth-order valence-electron chi connectivity index (χ4n) is 6.22. The van der Waals surface area contributed by atoms with E-state index in [0.29, 0.717) is 46.0 Å². The second-order valence-electron chi connectivity index (χ2n) is 12.0. The average Bonchev–Trinajstić information content (AvgIpc) is 3.58. The number of aryl methyl sites for hydroxylation is 1. The van der Waals surface area contributed by atoms with Gasteiger partial charge in [-0.1, -0.05) is 36.4 Å². The Labute approximate surface area is 281 Å². The topological polar surface area (TPSA) is 170 Å². The number of nitriles is 1. The summed E-state index contributed by atoms with van der Waals surface area (Å²) in [5, 5.41) is 21.0. The van der Waals surface area contributed by atoms with Crippen molar-refractivity contribution in [1.82, 2.24) is 40.0 Å². The van der Waals surface area contributed by atoms with E-state index in [2.05, 4.69) is 36.8 Å². The molecule has 2 aromatic carbocycles. The third kappa shape index (κ3) is 6.84. The third-order valence-electron chi connectivity index (χ3n) is 8.76. The smallest absolute Gasteiger partial charge is 0.323 e. The molecule has 13 nitrogen and oxygen atoms in total. The van der Waals surface area contributed by atoms with Gasteiger partial charge in [0.15, 0.2) is 0 Å². The number of H-pyrrole nitrogens is 1. The van der Waals surface area contributed by atoms with E-state index in [-0.39, 0.29) is 23.7 Å². The first kappa shape index (κ1) is 31.2. The Balaban J connectivity index is 1.08. The highest BCUT2D eigenvalue weighted by Crippen LogP contribution is 2.30. The molecular formula is C36H33N11O2. The molecule has 1 aliphatic carbocycles. The van der Waals surface area contributed by atoms with Crippen molar-refractivity contribution >= 4 is 28.7 Å². The molecule has 0 unspecified atom stereocenters. The number of fused-ring (bicyclic) bond motifs is 1. The molecule has 0 bridgehead atoms. The number of pyridine rings is 1. The number of nitrogens with zero attached hydrogens (tertiary/aromatic N) is 8. The summed E-state index contributed by atoms with van der Waals surface area (Å²) in [5.41, 5.74) is 4.52. The average molecular weight is 652 g/mol. The number of carbonyl (C=O) groups excluding carboxylic acids is 1. The zero-order valence-corrected chi connectivity index (χ0v) is 26.7. The van der Waals surface area contributed by atoms with Crippen LogP contribution in [-0.2, 0) is 13.6 Å². The summed E-state index contributed by atoms with van der Waals surface area (Å²) >= 11 is 0. The van der Waals surface area contributed by atoms with Crippen LogP contribution in [0.5, 0.6) is 0 Å². The van der Waals surface area contributed by atoms with Gasteiger partial charge in [0, 0.05) is 54.8 Å². The highest BCUT2D eigenvalue weighted by atomic mass is 16.2. The minimum absolute atomic E-state index is 0.0517. The van der Waals surface area contributed by atoms with Crippen molar-refractivity contribution < 1.29 is 4.79 Å². The van der Waals surface area contributed by atoms with Gasteiger partial charge >= 0.3 is 6.03 Å². The van der Waals surface area contributed by atoms with Crippen molar-refractivity contribution in [3.8, 4) is 28.5 Å². The van der Waals surface area contributed by atoms with Crippen LogP contribution in [0.25, 0.3) is 33.3 Å². The lowest BCUT2D eigenvalue weighted by atomic mass is 9.90. The molecule has 4 heterocycles. The number of aromatic nitrogens is 7. The highest BCUT2D eigenvalue weighted by Gasteiger charge is 2.31. The van der Waals surface area contributed by atoms with E-state index in [1.807, 2.05) is 55.7 Å². The van der Waals surface area contributed by atoms with Gasteiger partial charge in [-0.3, -0.25) is 14.4 Å². The molecule has 4 aromatic heterocycles. The minimum Gasteiger partial charge on any atom is -0.351 e. The molecule has 0 atom stereocenters. The first-order valence-corrected chi connectivity index (χ1v) is 16.0. The molecule has 0 saturated heterocycles. The zero-order chi connectivity index (χ0) is 33.7. The molecule has 0 radical (unpaired) electrons. The maximum atomic E-state index is 13.8. The van der Waals surface area contributed by atoms with Crippen LogP contribution in [0.1, 0.15) is 36.8 Å². The van der Waals surface area contributed by atoms with Gasteiger partial charge in [0.1, 0.15) is 11.9 Å². The number of benzene rings is 2. The second-order valence-corrected chi connectivity index (χ2v) is 12.0. The molecular weight excluding hydrogens is 618 g/mol. The van der Waals surface area contributed by atoms with Crippen LogP contribution < -0.4 is 21.1 Å². The predicted molar refractivity (Wildman–Crippen MR) is 185 cm³/mol. The second kappa shape index (κ2) is 13.7. The van der Waals surface area contributed by atoms with Crippen LogP contribution in [0.3, 0.4) is 0 Å². The number of hydrogen-bond acceptors (Lipinski definition) is 9. The molecule has 49 heavy (non-hydrogen) atoms. The molecule has 2 amide bonds. The van der Waals surface area contributed by atoms with Gasteiger partial charge in [-0.2, -0.15) is 10.4 Å². The largest absolute Gasteiger partial charge is 0.351 e. The molecule has 1 aliphatic rings. The van der Waals surface area contributed by atoms with Crippen molar-refractivity contribution in [3.05, 3.63) is 113 Å². The Hall–Kier alpha value is -6.42. The lowest BCUT2D eigenvalue weighted by Gasteiger charge is -2.36. The van der Waals surface area contributed by atoms with Gasteiger partial charge in [0.25, 0.3) is 5.56 Å². The van der Waals surface area contributed by atoms with E-state index in [9.17, 15) is 14.9 Å². The normalized spacial score (nSPS) is 15.8. The molecule has 0 spiro atoms. The van der Waals surface area contributed by atoms with Crippen molar-refractivity contribution in [2.75, 3.05) is 10.2 Å². The van der Waals surface area contributed by atoms with E-state index in [0.717, 1.165) is 42.4 Å². The van der Waals surface area contributed by atoms with Crippen molar-refractivity contribution in [2.45, 2.75) is 44.3 Å². The van der Waals surface area contributed by atoms with Gasteiger partial charge in [-0.15, -0.1) is 0 Å². The fourth-order valence-corrected chi connectivity index (χ4v) is 6.22. The Bertz CT molecular complexity index is 2200. The van der Waals surface area contributed by atoms with Gasteiger partial charge in [0.2, 0.25) is 5.95 Å². The molecule has 3 N–H and O–H groups in total. The maximum Gasteiger partial charge on any atom is 0.323 e. The Kier molecular flexibility index (Phi) is 8.75. The van der Waals surface area contributed by atoms with Gasteiger partial charge in [0.05, 0.1) is 40.9 Å². The number of carbonyl (C=O) groups is 1. The number of amides is 2. The third-order valence-corrected chi connectivity index (χ3v) is 8.76. The van der Waals surface area contributed by atoms with E-state index < -0.39 is 0 Å². The summed E-state index contributed by atoms with van der Waals surface area (Å²) in [6.07, 6.45) is 11.3. The van der Waals surface area contributed by atoms with Crippen LogP contribution >= 0.6 is 0 Å². The fraction of sp³-hybridized carbons (Fsp3) is 0.222. The Morgan fingerprint density at radius 2 is 1.80 bits per heavy atom. The van der Waals surface area contributed by atoms with E-state index in [4.69, 9.17) is 9.97 Å². The number of rotatable bonds is 8. The zero-order valence-electron chi connectivity index (χ0n) is 26.7. The monoisotopic (exact) mass is 651 g/mol. The number of anilines is 2. The molecule has 244 valence electrons. The molecule has 1 saturated carbocycles. The number of hydrogen-bond donors (Lipinski definition) is 3. The molecule has 13 heteroatoms. The summed E-state index contributed by atoms with van der Waals surface area (Å²) in [6, 6.07) is 20.8. The molecule has 6 aromatic rings. The van der Waals surface area contributed by atoms with E-state index >= 15 is 0 Å². The summed E-state index contributed by atoms with van der Waals surface area (Å²) in [7, 11) is 1.87. The first-order chi connectivity index (χ1) is 23.9. The van der Waals surface area contributed by atoms with Gasteiger partial charge in [-0.25, -0.2) is 24.7 Å². The standard InChI is InChI=1S/C36H33N11O2/c1-46-21-27(20-43-46)25-8-14-32(38-18-25)47(36(49)40-17-23-5-3-2-4-6-23)29-11-9-28(10-12-29)44-35-39-19-26(16-37)33(45-35)24-7-13-31-30(15-24)34(48)42-22-41-31/h2-8,13-15,18-22,28-29H,9-12,17H2,1H3,(H,40,49)(H,39,44,45)(H,41,42,48)/t28-,29-. The number of nitrogens with one attached hydrogen (secondary N) is 3. The molecule has 1 fully saturated rings. The van der Waals surface area contributed by atoms with Gasteiger partial charge in [-0.05, 0) is 55.5 Å². The predicted octanol–water partition coefficient (Wildman–Crippen LogP) is 5.19. The summed E-state index contributed by atoms with van der Waals surface area (Å²) in [5.74, 6) is 0.974. The van der Waals surface area contributed by atoms with Crippen molar-refractivity contribution in [1.29, 1.82) is 5.26 Å². The van der Waals surface area contributed by atoms with Gasteiger partial charge < -0.3 is 15.6 Å². The minimum atomic E-state index is -0.267. The summed E-state index contributed by atoms with van der Waals surface area (Å²) < 4.78 is 1.74. The lowest BCUT2D eigenvalue weighted by Crippen LogP contribution is -2.49. The lowest BCUT2D eigenvalue weighted by molar-refractivity contribution is 0.240. The maximum absolute atomic E-state index is 13.8. The van der Waals surface area contributed by atoms with Crippen LogP contribution in [-0.4, -0.2) is 52.8 Å². The number of urea groups is 1. The van der Waals surface area contributed by atoms with Crippen LogP contribution in [0.15, 0.2) is 96.6 Å². The quantitative estimate of drug-likeness (QED) is 0.200. The van der Waals surface area contributed by atoms with Crippen molar-refractivity contribution in [2.24, 2.45) is 7.05 Å². The Morgan fingerprint density at radius 1 is 0.980 bits per heavy atom. The van der Waals surface area contributed by atoms with Crippen molar-refractivity contribution in [3.63, 3.8) is 0 Å². The number of aromatic amines is 1. The summed E-state index contributed by atoms with van der Waals surface area (Å²) in [6.45, 7) is 0.404.